The Labute approximate surface area is 95.6 Å². The Bertz CT molecular complexity index is 349. The topological polar surface area (TPSA) is 60.2 Å². The van der Waals surface area contributed by atoms with E-state index in [9.17, 15) is 0 Å². The molecule has 90 valence electrons. The fraction of sp³-hybridized carbons (Fsp3) is 0.818. The van der Waals surface area contributed by atoms with Gasteiger partial charge in [0.1, 0.15) is 0 Å². The van der Waals surface area contributed by atoms with Crippen molar-refractivity contribution in [3.05, 3.63) is 11.7 Å². The summed E-state index contributed by atoms with van der Waals surface area (Å²) < 4.78 is 10.7. The van der Waals surface area contributed by atoms with Gasteiger partial charge in [0.15, 0.2) is 5.82 Å². The molecule has 1 aromatic rings. The zero-order valence-corrected chi connectivity index (χ0v) is 10.1. The highest BCUT2D eigenvalue weighted by atomic mass is 16.5. The minimum atomic E-state index is -0.0271. The van der Waals surface area contributed by atoms with E-state index in [0.717, 1.165) is 19.4 Å². The zero-order valence-electron chi connectivity index (χ0n) is 10.1. The highest BCUT2D eigenvalue weighted by molar-refractivity contribution is 4.86. The molecule has 0 bridgehead atoms. The van der Waals surface area contributed by atoms with Crippen LogP contribution in [0.15, 0.2) is 4.52 Å². The third-order valence-electron chi connectivity index (χ3n) is 2.81. The lowest BCUT2D eigenvalue weighted by Crippen LogP contribution is -2.43. The molecule has 0 radical (unpaired) electrons. The van der Waals surface area contributed by atoms with Crippen LogP contribution in [0.1, 0.15) is 38.4 Å². The van der Waals surface area contributed by atoms with Crippen LogP contribution < -0.4 is 5.32 Å². The van der Waals surface area contributed by atoms with Gasteiger partial charge in [0.05, 0.1) is 12.1 Å². The molecule has 1 fully saturated rings. The van der Waals surface area contributed by atoms with Crippen LogP contribution in [-0.4, -0.2) is 28.4 Å². The van der Waals surface area contributed by atoms with Crippen molar-refractivity contribution in [2.45, 2.75) is 51.8 Å². The van der Waals surface area contributed by atoms with Gasteiger partial charge in [-0.2, -0.15) is 4.98 Å². The van der Waals surface area contributed by atoms with Crippen LogP contribution in [0.2, 0.25) is 0 Å². The predicted octanol–water partition coefficient (Wildman–Crippen LogP) is 1.43. The molecule has 1 saturated heterocycles. The Kier molecular flexibility index (Phi) is 3.25. The number of nitrogens with zero attached hydrogens (tertiary/aromatic N) is 2. The van der Waals surface area contributed by atoms with E-state index in [1.165, 1.54) is 0 Å². The SMILES string of the molecule is Cc1noc(CNC2CCOC(C)(C)C2)n1. The molecule has 1 atom stereocenters. The molecule has 1 N–H and O–H groups in total. The maximum atomic E-state index is 5.66. The van der Waals surface area contributed by atoms with Gasteiger partial charge >= 0.3 is 0 Å². The van der Waals surface area contributed by atoms with Crippen LogP contribution in [0, 0.1) is 6.92 Å². The molecule has 1 aromatic heterocycles. The molecule has 0 amide bonds. The molecule has 1 aliphatic rings. The second-order valence-electron chi connectivity index (χ2n) is 4.91. The molecule has 0 spiro atoms. The van der Waals surface area contributed by atoms with E-state index in [-0.39, 0.29) is 5.60 Å². The van der Waals surface area contributed by atoms with Crippen molar-refractivity contribution >= 4 is 0 Å². The van der Waals surface area contributed by atoms with Gasteiger partial charge in [-0.25, -0.2) is 0 Å². The molecule has 2 heterocycles. The number of ether oxygens (including phenoxy) is 1. The second kappa shape index (κ2) is 4.51. The first-order valence-electron chi connectivity index (χ1n) is 5.72. The van der Waals surface area contributed by atoms with E-state index in [4.69, 9.17) is 9.26 Å². The average Bonchev–Trinajstić information content (AvgIpc) is 2.60. The van der Waals surface area contributed by atoms with Gasteiger partial charge in [0.2, 0.25) is 5.89 Å². The van der Waals surface area contributed by atoms with Crippen LogP contribution in [0.3, 0.4) is 0 Å². The zero-order chi connectivity index (χ0) is 11.6. The van der Waals surface area contributed by atoms with Crippen LogP contribution in [0.4, 0.5) is 0 Å². The molecule has 0 aliphatic carbocycles. The summed E-state index contributed by atoms with van der Waals surface area (Å²) in [5.74, 6) is 1.34. The summed E-state index contributed by atoms with van der Waals surface area (Å²) in [6.07, 6.45) is 2.05. The van der Waals surface area contributed by atoms with E-state index >= 15 is 0 Å². The second-order valence-corrected chi connectivity index (χ2v) is 4.91. The van der Waals surface area contributed by atoms with Crippen LogP contribution >= 0.6 is 0 Å². The van der Waals surface area contributed by atoms with Gasteiger partial charge in [-0.15, -0.1) is 0 Å². The third kappa shape index (κ3) is 3.02. The van der Waals surface area contributed by atoms with Gasteiger partial charge in [0, 0.05) is 12.6 Å². The van der Waals surface area contributed by atoms with E-state index in [0.29, 0.717) is 24.3 Å². The lowest BCUT2D eigenvalue weighted by Gasteiger charge is -2.35. The predicted molar refractivity (Wildman–Crippen MR) is 58.9 cm³/mol. The summed E-state index contributed by atoms with van der Waals surface area (Å²) in [5.41, 5.74) is -0.0271. The standard InChI is InChI=1S/C11H19N3O2/c1-8-13-10(16-14-8)7-12-9-4-5-15-11(2,3)6-9/h9,12H,4-7H2,1-3H3. The third-order valence-corrected chi connectivity index (χ3v) is 2.81. The Morgan fingerprint density at radius 3 is 2.94 bits per heavy atom. The molecule has 5 nitrogen and oxygen atoms in total. The first-order chi connectivity index (χ1) is 7.55. The van der Waals surface area contributed by atoms with Gasteiger partial charge in [-0.3, -0.25) is 0 Å². The van der Waals surface area contributed by atoms with Crippen molar-refractivity contribution < 1.29 is 9.26 Å². The molecule has 0 aromatic carbocycles. The Morgan fingerprint density at radius 2 is 2.31 bits per heavy atom. The number of rotatable bonds is 3. The normalized spacial score (nSPS) is 24.6. The molecule has 16 heavy (non-hydrogen) atoms. The highest BCUT2D eigenvalue weighted by Gasteiger charge is 2.28. The lowest BCUT2D eigenvalue weighted by molar-refractivity contribution is -0.0633. The first-order valence-corrected chi connectivity index (χ1v) is 5.72. The summed E-state index contributed by atoms with van der Waals surface area (Å²) in [5, 5.41) is 7.19. The van der Waals surface area contributed by atoms with Crippen molar-refractivity contribution in [3.63, 3.8) is 0 Å². The Balaban J connectivity index is 1.82. The van der Waals surface area contributed by atoms with Gasteiger partial charge in [0.25, 0.3) is 0 Å². The van der Waals surface area contributed by atoms with E-state index in [1.54, 1.807) is 0 Å². The van der Waals surface area contributed by atoms with Crippen LogP contribution in [-0.2, 0) is 11.3 Å². The Hall–Kier alpha value is -0.940. The van der Waals surface area contributed by atoms with Crippen molar-refractivity contribution in [1.29, 1.82) is 0 Å². The van der Waals surface area contributed by atoms with E-state index < -0.39 is 0 Å². The number of nitrogens with one attached hydrogen (secondary N) is 1. The monoisotopic (exact) mass is 225 g/mol. The summed E-state index contributed by atoms with van der Waals surface area (Å²) in [4.78, 5) is 4.16. The quantitative estimate of drug-likeness (QED) is 0.843. The van der Waals surface area contributed by atoms with Crippen molar-refractivity contribution in [3.8, 4) is 0 Å². The molecule has 5 heteroatoms. The fourth-order valence-electron chi connectivity index (χ4n) is 2.05. The Morgan fingerprint density at radius 1 is 1.50 bits per heavy atom. The summed E-state index contributed by atoms with van der Waals surface area (Å²) in [7, 11) is 0. The average molecular weight is 225 g/mol. The van der Waals surface area contributed by atoms with Gasteiger partial charge in [-0.1, -0.05) is 5.16 Å². The fourth-order valence-corrected chi connectivity index (χ4v) is 2.05. The van der Waals surface area contributed by atoms with Crippen LogP contribution in [0.25, 0.3) is 0 Å². The molecule has 1 unspecified atom stereocenters. The van der Waals surface area contributed by atoms with Gasteiger partial charge in [-0.05, 0) is 33.6 Å². The van der Waals surface area contributed by atoms with Crippen LogP contribution in [0.5, 0.6) is 0 Å². The lowest BCUT2D eigenvalue weighted by atomic mass is 9.94. The maximum Gasteiger partial charge on any atom is 0.240 e. The molecule has 1 aliphatic heterocycles. The molecular formula is C11H19N3O2. The highest BCUT2D eigenvalue weighted by Crippen LogP contribution is 2.23. The molecule has 2 rings (SSSR count). The maximum absolute atomic E-state index is 5.66. The number of hydrogen-bond donors (Lipinski definition) is 1. The summed E-state index contributed by atoms with van der Waals surface area (Å²) in [6, 6.07) is 0.468. The number of aryl methyl sites for hydroxylation is 1. The summed E-state index contributed by atoms with van der Waals surface area (Å²) >= 11 is 0. The molecular weight excluding hydrogens is 206 g/mol. The minimum absolute atomic E-state index is 0.0271. The smallest absolute Gasteiger partial charge is 0.240 e. The molecule has 0 saturated carbocycles. The number of aromatic nitrogens is 2. The van der Waals surface area contributed by atoms with Crippen molar-refractivity contribution in [1.82, 2.24) is 15.5 Å². The largest absolute Gasteiger partial charge is 0.375 e. The van der Waals surface area contributed by atoms with E-state index in [1.807, 2.05) is 6.92 Å². The van der Waals surface area contributed by atoms with Gasteiger partial charge < -0.3 is 14.6 Å². The van der Waals surface area contributed by atoms with Crippen molar-refractivity contribution in [2.24, 2.45) is 0 Å². The van der Waals surface area contributed by atoms with E-state index in [2.05, 4.69) is 29.3 Å². The van der Waals surface area contributed by atoms with Crippen molar-refractivity contribution in [2.75, 3.05) is 6.61 Å². The summed E-state index contributed by atoms with van der Waals surface area (Å²) in [6.45, 7) is 7.52. The minimum Gasteiger partial charge on any atom is -0.375 e. The number of hydrogen-bond acceptors (Lipinski definition) is 5. The first kappa shape index (κ1) is 11.5.